The number of pyridine rings is 1. The molecule has 1 saturated carbocycles. The van der Waals surface area contributed by atoms with Crippen molar-refractivity contribution in [2.24, 2.45) is 0 Å². The van der Waals surface area contributed by atoms with Crippen LogP contribution in [0.5, 0.6) is 0 Å². The van der Waals surface area contributed by atoms with Crippen LogP contribution in [0.1, 0.15) is 71.2 Å². The minimum absolute atomic E-state index is 0.0294. The molecule has 1 aliphatic carbocycles. The highest BCUT2D eigenvalue weighted by atomic mass is 19.4. The van der Waals surface area contributed by atoms with Gasteiger partial charge in [-0.2, -0.15) is 13.2 Å². The van der Waals surface area contributed by atoms with Crippen LogP contribution in [-0.4, -0.2) is 26.1 Å². The lowest BCUT2D eigenvalue weighted by atomic mass is 9.86. The lowest BCUT2D eigenvalue weighted by Crippen LogP contribution is -2.18. The molecule has 2 aromatic carbocycles. The first-order chi connectivity index (χ1) is 19.9. The van der Waals surface area contributed by atoms with Gasteiger partial charge in [-0.1, -0.05) is 12.1 Å². The highest BCUT2D eigenvalue weighted by Gasteiger charge is 2.38. The summed E-state index contributed by atoms with van der Waals surface area (Å²) in [4.78, 5) is 33.6. The number of benzene rings is 2. The lowest BCUT2D eigenvalue weighted by molar-refractivity contribution is -0.141. The predicted molar refractivity (Wildman–Crippen MR) is 141 cm³/mol. The van der Waals surface area contributed by atoms with Crippen LogP contribution in [0.15, 0.2) is 60.9 Å². The van der Waals surface area contributed by atoms with Gasteiger partial charge in [0.2, 0.25) is 0 Å². The van der Waals surface area contributed by atoms with E-state index < -0.39 is 46.8 Å². The molecule has 11 heteroatoms. The molecule has 0 N–H and O–H groups in total. The third-order valence-corrected chi connectivity index (χ3v) is 7.15. The molecule has 5 nitrogen and oxygen atoms in total. The van der Waals surface area contributed by atoms with E-state index in [9.17, 15) is 35.9 Å². The Bertz CT molecular complexity index is 1640. The van der Waals surface area contributed by atoms with E-state index in [4.69, 9.17) is 0 Å². The summed E-state index contributed by atoms with van der Waals surface area (Å²) < 4.78 is 83.8. The van der Waals surface area contributed by atoms with Gasteiger partial charge in [-0.3, -0.25) is 14.6 Å². The van der Waals surface area contributed by atoms with E-state index >= 15 is 0 Å². The summed E-state index contributed by atoms with van der Waals surface area (Å²) in [5.41, 5.74) is 0.277. The molecule has 0 radical (unpaired) electrons. The summed E-state index contributed by atoms with van der Waals surface area (Å²) in [6.45, 7) is 0.846. The predicted octanol–water partition coefficient (Wildman–Crippen LogP) is 7.45. The minimum Gasteiger partial charge on any atom is -0.327 e. The number of hydrogen-bond donors (Lipinski definition) is 0. The SMILES string of the molecule is CC(=O)c1cc(-c2cccnc2[C@@H](CC(=O)Cn2cc(C(F)(F)F)nc2C2CC2)Cc2cc(F)cc(F)c2)ccc1F. The van der Waals surface area contributed by atoms with Gasteiger partial charge >= 0.3 is 6.18 Å². The number of imidazole rings is 1. The number of ketones is 2. The second kappa shape index (κ2) is 11.5. The highest BCUT2D eigenvalue weighted by Crippen LogP contribution is 2.41. The Hall–Kier alpha value is -4.28. The average molecular weight is 586 g/mol. The van der Waals surface area contributed by atoms with Crippen molar-refractivity contribution >= 4 is 11.6 Å². The van der Waals surface area contributed by atoms with Gasteiger partial charge in [0.25, 0.3) is 0 Å². The van der Waals surface area contributed by atoms with Gasteiger partial charge in [0.1, 0.15) is 23.3 Å². The fourth-order valence-corrected chi connectivity index (χ4v) is 5.12. The Morgan fingerprint density at radius 3 is 2.38 bits per heavy atom. The molecule has 0 saturated heterocycles. The van der Waals surface area contributed by atoms with E-state index in [0.29, 0.717) is 35.7 Å². The summed E-state index contributed by atoms with van der Waals surface area (Å²) in [6, 6.07) is 10.2. The second-order valence-corrected chi connectivity index (χ2v) is 10.5. The van der Waals surface area contributed by atoms with Gasteiger partial charge in [0, 0.05) is 42.3 Å². The molecule has 4 aromatic rings. The fraction of sp³-hybridized carbons (Fsp3) is 0.290. The number of hydrogen-bond acceptors (Lipinski definition) is 4. The number of alkyl halides is 3. The van der Waals surface area contributed by atoms with Gasteiger partial charge in [0.05, 0.1) is 17.8 Å². The Morgan fingerprint density at radius 2 is 1.74 bits per heavy atom. The van der Waals surface area contributed by atoms with Crippen LogP contribution in [-0.2, 0) is 23.9 Å². The van der Waals surface area contributed by atoms with Crippen molar-refractivity contribution < 1.29 is 35.9 Å². The molecule has 1 fully saturated rings. The minimum atomic E-state index is -4.67. The Labute approximate surface area is 237 Å². The number of halogens is 6. The molecular weight excluding hydrogens is 560 g/mol. The number of rotatable bonds is 10. The van der Waals surface area contributed by atoms with Crippen molar-refractivity contribution in [1.29, 1.82) is 0 Å². The topological polar surface area (TPSA) is 64.8 Å². The molecule has 42 heavy (non-hydrogen) atoms. The van der Waals surface area contributed by atoms with Crippen LogP contribution >= 0.6 is 0 Å². The molecule has 2 aromatic heterocycles. The number of aromatic nitrogens is 3. The number of carbonyl (C=O) groups excluding carboxylic acids is 2. The van der Waals surface area contributed by atoms with Crippen molar-refractivity contribution in [3.63, 3.8) is 0 Å². The summed E-state index contributed by atoms with van der Waals surface area (Å²) in [5, 5.41) is 0. The summed E-state index contributed by atoms with van der Waals surface area (Å²) in [7, 11) is 0. The van der Waals surface area contributed by atoms with Gasteiger partial charge in [-0.05, 0) is 67.6 Å². The van der Waals surface area contributed by atoms with Gasteiger partial charge in [-0.25, -0.2) is 18.2 Å². The number of carbonyl (C=O) groups is 2. The zero-order chi connectivity index (χ0) is 30.2. The normalized spacial score (nSPS) is 14.2. The smallest absolute Gasteiger partial charge is 0.327 e. The monoisotopic (exact) mass is 585 g/mol. The summed E-state index contributed by atoms with van der Waals surface area (Å²) >= 11 is 0. The van der Waals surface area contributed by atoms with Crippen LogP contribution in [0.3, 0.4) is 0 Å². The standard InChI is InChI=1S/C31H25F6N3O2/c1-17(41)26-13-20(6-7-27(26)34)25-3-2-8-38-29(25)21(9-18-10-22(32)14-23(33)11-18)12-24(42)15-40-16-28(31(35,36)37)39-30(40)19-4-5-19/h2-3,6-8,10-11,13-14,16,19,21H,4-5,9,12,15H2,1H3/t21-/m1/s1. The quantitative estimate of drug-likeness (QED) is 0.143. The van der Waals surface area contributed by atoms with Crippen molar-refractivity contribution in [2.45, 2.75) is 57.2 Å². The van der Waals surface area contributed by atoms with Crippen molar-refractivity contribution in [3.05, 3.63) is 107 Å². The van der Waals surface area contributed by atoms with Crippen LogP contribution < -0.4 is 0 Å². The Balaban J connectivity index is 1.51. The third kappa shape index (κ3) is 6.61. The van der Waals surface area contributed by atoms with Crippen molar-refractivity contribution in [1.82, 2.24) is 14.5 Å². The molecule has 0 aliphatic heterocycles. The molecule has 0 bridgehead atoms. The van der Waals surface area contributed by atoms with E-state index in [2.05, 4.69) is 9.97 Å². The third-order valence-electron chi connectivity index (χ3n) is 7.15. The van der Waals surface area contributed by atoms with Crippen molar-refractivity contribution in [2.75, 3.05) is 0 Å². The first-order valence-electron chi connectivity index (χ1n) is 13.3. The average Bonchev–Trinajstić information content (AvgIpc) is 3.66. The first-order valence-corrected chi connectivity index (χ1v) is 13.3. The molecule has 0 spiro atoms. The zero-order valence-electron chi connectivity index (χ0n) is 22.4. The maximum absolute atomic E-state index is 14.3. The molecule has 218 valence electrons. The second-order valence-electron chi connectivity index (χ2n) is 10.5. The molecule has 0 amide bonds. The molecule has 5 rings (SSSR count). The van der Waals surface area contributed by atoms with Gasteiger partial charge in [0.15, 0.2) is 17.3 Å². The van der Waals surface area contributed by atoms with Crippen LogP contribution in [0.2, 0.25) is 0 Å². The number of nitrogens with zero attached hydrogens (tertiary/aromatic N) is 3. The van der Waals surface area contributed by atoms with E-state index in [0.717, 1.165) is 24.4 Å². The van der Waals surface area contributed by atoms with Crippen LogP contribution in [0, 0.1) is 17.5 Å². The molecule has 1 atom stereocenters. The summed E-state index contributed by atoms with van der Waals surface area (Å²) in [5.74, 6) is -3.99. The number of Topliss-reactive ketones (excluding diaryl/α,β-unsaturated/α-hetero) is 2. The van der Waals surface area contributed by atoms with E-state index in [-0.39, 0.29) is 42.3 Å². The molecular formula is C31H25F6N3O2. The zero-order valence-corrected chi connectivity index (χ0v) is 22.4. The largest absolute Gasteiger partial charge is 0.434 e. The summed E-state index contributed by atoms with van der Waals surface area (Å²) in [6.07, 6.45) is -1.28. The lowest BCUT2D eigenvalue weighted by Gasteiger charge is -2.20. The first kappa shape index (κ1) is 29.2. The maximum Gasteiger partial charge on any atom is 0.434 e. The molecule has 1 aliphatic rings. The van der Waals surface area contributed by atoms with Crippen molar-refractivity contribution in [3.8, 4) is 11.1 Å². The molecule has 2 heterocycles. The maximum atomic E-state index is 14.3. The van der Waals surface area contributed by atoms with Gasteiger partial charge < -0.3 is 4.57 Å². The molecule has 0 unspecified atom stereocenters. The Morgan fingerprint density at radius 1 is 1.02 bits per heavy atom. The van der Waals surface area contributed by atoms with E-state index in [1.165, 1.54) is 29.8 Å². The van der Waals surface area contributed by atoms with E-state index in [1.54, 1.807) is 12.1 Å². The van der Waals surface area contributed by atoms with E-state index in [1.807, 2.05) is 0 Å². The highest BCUT2D eigenvalue weighted by molar-refractivity contribution is 5.95. The van der Waals surface area contributed by atoms with Crippen LogP contribution in [0.25, 0.3) is 11.1 Å². The Kier molecular flexibility index (Phi) is 8.03. The fourth-order valence-electron chi connectivity index (χ4n) is 5.12. The van der Waals surface area contributed by atoms with Gasteiger partial charge in [-0.15, -0.1) is 0 Å². The van der Waals surface area contributed by atoms with Crippen LogP contribution in [0.4, 0.5) is 26.3 Å².